The van der Waals surface area contributed by atoms with Gasteiger partial charge in [-0.1, -0.05) is 54.4 Å². The first-order chi connectivity index (χ1) is 16.8. The summed E-state index contributed by atoms with van der Waals surface area (Å²) in [7, 11) is 0. The molecule has 5 aromatic rings. The second-order valence-electron chi connectivity index (χ2n) is 8.11. The van der Waals surface area contributed by atoms with Crippen molar-refractivity contribution < 1.29 is 19.0 Å². The highest BCUT2D eigenvalue weighted by molar-refractivity contribution is 6.31. The van der Waals surface area contributed by atoms with E-state index in [0.29, 0.717) is 15.6 Å². The van der Waals surface area contributed by atoms with E-state index in [-0.39, 0.29) is 33.1 Å². The van der Waals surface area contributed by atoms with Crippen LogP contribution in [0.25, 0.3) is 21.9 Å². The lowest BCUT2D eigenvalue weighted by Crippen LogP contribution is -2.21. The Hall–Kier alpha value is -3.74. The maximum atomic E-state index is 13.2. The van der Waals surface area contributed by atoms with Crippen LogP contribution in [-0.2, 0) is 6.42 Å². The fourth-order valence-corrected chi connectivity index (χ4v) is 4.62. The zero-order valence-electron chi connectivity index (χ0n) is 18.3. The van der Waals surface area contributed by atoms with Crippen molar-refractivity contribution in [1.82, 2.24) is 0 Å². The zero-order chi connectivity index (χ0) is 24.9. The Morgan fingerprint density at radius 3 is 1.63 bits per heavy atom. The molecule has 6 nitrogen and oxygen atoms in total. The first kappa shape index (κ1) is 23.0. The highest BCUT2D eigenvalue weighted by Gasteiger charge is 2.32. The van der Waals surface area contributed by atoms with Gasteiger partial charge in [0.25, 0.3) is 0 Å². The maximum absolute atomic E-state index is 13.2. The van der Waals surface area contributed by atoms with Crippen LogP contribution in [0.5, 0.6) is 11.5 Å². The minimum atomic E-state index is -1.21. The maximum Gasteiger partial charge on any atom is 0.344 e. The van der Waals surface area contributed by atoms with Crippen LogP contribution >= 0.6 is 23.2 Å². The van der Waals surface area contributed by atoms with Gasteiger partial charge in [-0.2, -0.15) is 0 Å². The van der Waals surface area contributed by atoms with Crippen molar-refractivity contribution in [2.45, 2.75) is 19.3 Å². The molecular formula is C27H18Cl2O6. The average molecular weight is 509 g/mol. The van der Waals surface area contributed by atoms with Gasteiger partial charge < -0.3 is 19.0 Å². The molecule has 0 aliphatic heterocycles. The number of halogens is 2. The van der Waals surface area contributed by atoms with E-state index in [2.05, 4.69) is 0 Å². The molecule has 2 N–H and O–H groups in total. The number of hydrogen-bond acceptors (Lipinski definition) is 6. The van der Waals surface area contributed by atoms with Gasteiger partial charge in [-0.05, 0) is 53.9 Å². The van der Waals surface area contributed by atoms with E-state index >= 15 is 0 Å². The standard InChI is InChI=1S/C27H18Cl2O6/c1-2-13-3-5-14(6-4-13)21(22-24(30)17-11-15(28)7-9-19(17)34-26(22)32)23-25(31)18-12-16(29)8-10-20(18)35-27(23)33/h3-12,21,30-31H,2H2,1H3. The molecule has 0 saturated carbocycles. The van der Waals surface area contributed by atoms with E-state index in [1.807, 2.05) is 19.1 Å². The molecular weight excluding hydrogens is 491 g/mol. The number of aromatic hydroxyl groups is 2. The van der Waals surface area contributed by atoms with Crippen molar-refractivity contribution in [3.05, 3.63) is 114 Å². The van der Waals surface area contributed by atoms with E-state index < -0.39 is 28.7 Å². The SMILES string of the molecule is CCc1ccc(C(c2c(O)c3cc(Cl)ccc3oc2=O)c2c(O)c3cc(Cl)ccc3oc2=O)cc1. The van der Waals surface area contributed by atoms with Crippen LogP contribution in [0.4, 0.5) is 0 Å². The lowest BCUT2D eigenvalue weighted by atomic mass is 9.84. The third-order valence-corrected chi connectivity index (χ3v) is 6.52. The molecule has 0 saturated heterocycles. The van der Waals surface area contributed by atoms with E-state index in [9.17, 15) is 19.8 Å². The van der Waals surface area contributed by atoms with Gasteiger partial charge in [0.1, 0.15) is 22.7 Å². The van der Waals surface area contributed by atoms with Crippen molar-refractivity contribution >= 4 is 45.1 Å². The van der Waals surface area contributed by atoms with Crippen molar-refractivity contribution in [2.75, 3.05) is 0 Å². The summed E-state index contributed by atoms with van der Waals surface area (Å²) in [5.41, 5.74) is -0.449. The predicted octanol–water partition coefficient (Wildman–Crippen LogP) is 6.36. The Morgan fingerprint density at radius 2 is 1.20 bits per heavy atom. The first-order valence-corrected chi connectivity index (χ1v) is 11.5. The summed E-state index contributed by atoms with van der Waals surface area (Å²) in [4.78, 5) is 26.4. The number of fused-ring (bicyclic) bond motifs is 2. The third-order valence-electron chi connectivity index (χ3n) is 6.05. The van der Waals surface area contributed by atoms with Crippen LogP contribution < -0.4 is 11.3 Å². The number of rotatable bonds is 4. The van der Waals surface area contributed by atoms with Crippen LogP contribution in [0.1, 0.15) is 35.1 Å². The summed E-state index contributed by atoms with van der Waals surface area (Å²) >= 11 is 12.2. The molecule has 0 bridgehead atoms. The van der Waals surface area contributed by atoms with Crippen LogP contribution in [0.3, 0.4) is 0 Å². The molecule has 0 aliphatic carbocycles. The molecule has 8 heteroatoms. The molecule has 0 fully saturated rings. The van der Waals surface area contributed by atoms with Gasteiger partial charge in [-0.25, -0.2) is 9.59 Å². The molecule has 35 heavy (non-hydrogen) atoms. The van der Waals surface area contributed by atoms with Gasteiger partial charge in [-0.3, -0.25) is 0 Å². The highest BCUT2D eigenvalue weighted by atomic mass is 35.5. The topological polar surface area (TPSA) is 101 Å². The summed E-state index contributed by atoms with van der Waals surface area (Å²) in [5, 5.41) is 23.5. The van der Waals surface area contributed by atoms with E-state index in [0.717, 1.165) is 12.0 Å². The minimum Gasteiger partial charge on any atom is -0.507 e. The monoisotopic (exact) mass is 508 g/mol. The summed E-state index contributed by atoms with van der Waals surface area (Å²) in [6.07, 6.45) is 0.772. The summed E-state index contributed by atoms with van der Waals surface area (Å²) in [6.45, 7) is 1.99. The largest absolute Gasteiger partial charge is 0.507 e. The first-order valence-electron chi connectivity index (χ1n) is 10.8. The van der Waals surface area contributed by atoms with Gasteiger partial charge in [-0.15, -0.1) is 0 Å². The lowest BCUT2D eigenvalue weighted by molar-refractivity contribution is 0.441. The Kier molecular flexibility index (Phi) is 5.79. The van der Waals surface area contributed by atoms with Crippen LogP contribution in [0.2, 0.25) is 10.0 Å². The second kappa shape index (κ2) is 8.80. The normalized spacial score (nSPS) is 11.5. The van der Waals surface area contributed by atoms with E-state index in [1.54, 1.807) is 12.1 Å². The van der Waals surface area contributed by atoms with Crippen LogP contribution in [0, 0.1) is 0 Å². The smallest absolute Gasteiger partial charge is 0.344 e. The Bertz CT molecular complexity index is 1610. The Morgan fingerprint density at radius 1 is 0.743 bits per heavy atom. The van der Waals surface area contributed by atoms with Gasteiger partial charge in [0, 0.05) is 10.0 Å². The molecule has 176 valence electrons. The minimum absolute atomic E-state index is 0.127. The van der Waals surface area contributed by atoms with Crippen molar-refractivity contribution in [1.29, 1.82) is 0 Å². The molecule has 0 amide bonds. The number of aryl methyl sites for hydroxylation is 1. The van der Waals surface area contributed by atoms with Gasteiger partial charge in [0.2, 0.25) is 0 Å². The van der Waals surface area contributed by atoms with E-state index in [1.165, 1.54) is 36.4 Å². The fraction of sp³-hybridized carbons (Fsp3) is 0.111. The molecule has 0 atom stereocenters. The third kappa shape index (κ3) is 3.95. The quantitative estimate of drug-likeness (QED) is 0.274. The molecule has 2 heterocycles. The number of hydrogen-bond donors (Lipinski definition) is 2. The van der Waals surface area contributed by atoms with Gasteiger partial charge in [0.15, 0.2) is 0 Å². The summed E-state index contributed by atoms with van der Waals surface area (Å²) in [6, 6.07) is 16.1. The molecule has 3 aromatic carbocycles. The molecule has 2 aromatic heterocycles. The summed E-state index contributed by atoms with van der Waals surface area (Å²) < 4.78 is 10.9. The highest BCUT2D eigenvalue weighted by Crippen LogP contribution is 2.42. The van der Waals surface area contributed by atoms with Gasteiger partial charge >= 0.3 is 11.3 Å². The van der Waals surface area contributed by atoms with Crippen molar-refractivity contribution in [2.24, 2.45) is 0 Å². The number of benzene rings is 3. The molecule has 5 rings (SSSR count). The molecule has 0 unspecified atom stereocenters. The van der Waals surface area contributed by atoms with Crippen LogP contribution in [0.15, 0.2) is 79.1 Å². The lowest BCUT2D eigenvalue weighted by Gasteiger charge is -2.20. The van der Waals surface area contributed by atoms with Crippen molar-refractivity contribution in [3.63, 3.8) is 0 Å². The van der Waals surface area contributed by atoms with Crippen molar-refractivity contribution in [3.8, 4) is 11.5 Å². The van der Waals surface area contributed by atoms with E-state index in [4.69, 9.17) is 32.0 Å². The zero-order valence-corrected chi connectivity index (χ0v) is 19.9. The molecule has 0 radical (unpaired) electrons. The predicted molar refractivity (Wildman–Crippen MR) is 135 cm³/mol. The Labute approximate surface area is 208 Å². The molecule has 0 spiro atoms. The average Bonchev–Trinajstić information content (AvgIpc) is 2.84. The molecule has 0 aliphatic rings. The summed E-state index contributed by atoms with van der Waals surface area (Å²) in [5.74, 6) is -2.03. The van der Waals surface area contributed by atoms with Crippen LogP contribution in [-0.4, -0.2) is 10.2 Å². The fourth-order valence-electron chi connectivity index (χ4n) is 4.28. The van der Waals surface area contributed by atoms with Gasteiger partial charge in [0.05, 0.1) is 27.8 Å². The second-order valence-corrected chi connectivity index (χ2v) is 8.99. The Balaban J connectivity index is 1.90.